The van der Waals surface area contributed by atoms with E-state index in [2.05, 4.69) is 0 Å². The molecule has 0 aromatic carbocycles. The molecule has 0 spiro atoms. The highest BCUT2D eigenvalue weighted by Gasteiger charge is 2.19. The van der Waals surface area contributed by atoms with E-state index in [0.717, 1.165) is 0 Å². The first-order valence-electron chi connectivity index (χ1n) is 3.69. The highest BCUT2D eigenvalue weighted by atomic mass is 32.2. The van der Waals surface area contributed by atoms with Crippen LogP contribution in [-0.4, -0.2) is 22.3 Å². The van der Waals surface area contributed by atoms with Crippen LogP contribution in [0.2, 0.25) is 0 Å². The zero-order valence-electron chi connectivity index (χ0n) is 7.53. The number of carbonyl (C=O) groups is 2. The van der Waals surface area contributed by atoms with E-state index in [-0.39, 0.29) is 22.3 Å². The molecule has 0 radical (unpaired) electrons. The SMILES string of the molecule is C[C@H](S[C@H](C)C(=O)NN)C(=O)NN. The third-order valence-electron chi connectivity index (χ3n) is 1.43. The fourth-order valence-electron chi connectivity index (χ4n) is 0.664. The normalized spacial score (nSPS) is 14.5. The minimum atomic E-state index is -0.378. The van der Waals surface area contributed by atoms with Crippen LogP contribution in [0.3, 0.4) is 0 Å². The van der Waals surface area contributed by atoms with E-state index < -0.39 is 0 Å². The molecule has 0 aromatic heterocycles. The van der Waals surface area contributed by atoms with Crippen LogP contribution in [0.1, 0.15) is 13.8 Å². The summed E-state index contributed by atoms with van der Waals surface area (Å²) in [6.45, 7) is 3.32. The van der Waals surface area contributed by atoms with Gasteiger partial charge in [-0.3, -0.25) is 20.4 Å². The number of rotatable bonds is 4. The predicted octanol–water partition coefficient (Wildman–Crippen LogP) is -1.52. The van der Waals surface area contributed by atoms with Crippen molar-refractivity contribution in [3.8, 4) is 0 Å². The number of nitrogens with two attached hydrogens (primary N) is 2. The molecular formula is C6H14N4O2S. The predicted molar refractivity (Wildman–Crippen MR) is 51.2 cm³/mol. The fourth-order valence-corrected chi connectivity index (χ4v) is 1.66. The standard InChI is InChI=1S/C6H14N4O2S/c1-3(5(11)9-7)13-4(2)6(12)10-8/h3-4H,7-8H2,1-2H3,(H,9,11)(H,10,12)/t3-,4+. The van der Waals surface area contributed by atoms with Crippen molar-refractivity contribution < 1.29 is 9.59 Å². The third-order valence-corrected chi connectivity index (χ3v) is 2.68. The van der Waals surface area contributed by atoms with Gasteiger partial charge < -0.3 is 0 Å². The number of thioether (sulfide) groups is 1. The van der Waals surface area contributed by atoms with Crippen LogP contribution >= 0.6 is 11.8 Å². The van der Waals surface area contributed by atoms with E-state index in [0.29, 0.717) is 0 Å². The molecule has 2 atom stereocenters. The van der Waals surface area contributed by atoms with Gasteiger partial charge in [-0.1, -0.05) is 0 Å². The summed E-state index contributed by atoms with van der Waals surface area (Å²) in [7, 11) is 0. The summed E-state index contributed by atoms with van der Waals surface area (Å²) < 4.78 is 0. The first-order valence-corrected chi connectivity index (χ1v) is 4.63. The summed E-state index contributed by atoms with van der Waals surface area (Å²) in [5.41, 5.74) is 4.01. The van der Waals surface area contributed by atoms with Gasteiger partial charge in [-0.2, -0.15) is 0 Å². The zero-order valence-corrected chi connectivity index (χ0v) is 8.35. The molecule has 0 rings (SSSR count). The summed E-state index contributed by atoms with van der Waals surface area (Å²) in [6, 6.07) is 0. The molecule has 0 bridgehead atoms. The molecule has 0 unspecified atom stereocenters. The molecule has 0 saturated heterocycles. The highest BCUT2D eigenvalue weighted by Crippen LogP contribution is 2.16. The van der Waals surface area contributed by atoms with Crippen molar-refractivity contribution in [2.24, 2.45) is 11.7 Å². The summed E-state index contributed by atoms with van der Waals surface area (Å²) in [5, 5.41) is -0.755. The van der Waals surface area contributed by atoms with Crippen molar-refractivity contribution in [1.82, 2.24) is 10.9 Å². The van der Waals surface area contributed by atoms with Gasteiger partial charge >= 0.3 is 0 Å². The lowest BCUT2D eigenvalue weighted by molar-refractivity contribution is -0.120. The molecule has 0 heterocycles. The lowest BCUT2D eigenvalue weighted by Crippen LogP contribution is -2.40. The molecule has 2 amide bonds. The Balaban J connectivity index is 3.98. The topological polar surface area (TPSA) is 110 Å². The van der Waals surface area contributed by atoms with Gasteiger partial charge in [0.15, 0.2) is 0 Å². The highest BCUT2D eigenvalue weighted by molar-refractivity contribution is 8.01. The van der Waals surface area contributed by atoms with E-state index in [4.69, 9.17) is 11.7 Å². The smallest absolute Gasteiger partial charge is 0.246 e. The van der Waals surface area contributed by atoms with Gasteiger partial charge in [0.1, 0.15) is 0 Å². The summed E-state index contributed by atoms with van der Waals surface area (Å²) >= 11 is 1.18. The van der Waals surface area contributed by atoms with Crippen LogP contribution in [0.25, 0.3) is 0 Å². The molecular weight excluding hydrogens is 192 g/mol. The quantitative estimate of drug-likeness (QED) is 0.253. The van der Waals surface area contributed by atoms with E-state index >= 15 is 0 Å². The van der Waals surface area contributed by atoms with E-state index in [1.807, 2.05) is 10.9 Å². The van der Waals surface area contributed by atoms with E-state index in [1.54, 1.807) is 13.8 Å². The maximum Gasteiger partial charge on any atom is 0.246 e. The Morgan fingerprint density at radius 3 is 1.62 bits per heavy atom. The van der Waals surface area contributed by atoms with Gasteiger partial charge in [0.2, 0.25) is 11.8 Å². The Morgan fingerprint density at radius 2 is 1.38 bits per heavy atom. The second kappa shape index (κ2) is 5.79. The van der Waals surface area contributed by atoms with Crippen molar-refractivity contribution in [1.29, 1.82) is 0 Å². The molecule has 6 N–H and O–H groups in total. The van der Waals surface area contributed by atoms with Gasteiger partial charge in [0, 0.05) is 0 Å². The second-order valence-corrected chi connectivity index (χ2v) is 4.12. The van der Waals surface area contributed by atoms with Crippen molar-refractivity contribution in [2.75, 3.05) is 0 Å². The molecule has 0 aliphatic carbocycles. The van der Waals surface area contributed by atoms with Crippen LogP contribution in [0.4, 0.5) is 0 Å². The van der Waals surface area contributed by atoms with Gasteiger partial charge in [-0.25, -0.2) is 11.7 Å². The Hall–Kier alpha value is -0.790. The lowest BCUT2D eigenvalue weighted by Gasteiger charge is -2.13. The molecule has 0 fully saturated rings. The van der Waals surface area contributed by atoms with Crippen LogP contribution in [0, 0.1) is 0 Å². The first-order chi connectivity index (χ1) is 6.02. The molecule has 6 nitrogen and oxygen atoms in total. The van der Waals surface area contributed by atoms with Gasteiger partial charge in [-0.05, 0) is 13.8 Å². The van der Waals surface area contributed by atoms with E-state index in [9.17, 15) is 9.59 Å². The molecule has 0 aromatic rings. The maximum absolute atomic E-state index is 10.9. The summed E-state index contributed by atoms with van der Waals surface area (Å²) in [6.07, 6.45) is 0. The van der Waals surface area contributed by atoms with Crippen molar-refractivity contribution >= 4 is 23.6 Å². The van der Waals surface area contributed by atoms with Crippen LogP contribution < -0.4 is 22.5 Å². The Labute approximate surface area is 80.7 Å². The lowest BCUT2D eigenvalue weighted by atomic mass is 10.4. The number of hydrogen-bond acceptors (Lipinski definition) is 5. The Bertz CT molecular complexity index is 179. The largest absolute Gasteiger partial charge is 0.293 e. The average Bonchev–Trinajstić information content (AvgIpc) is 2.14. The third kappa shape index (κ3) is 4.11. The number of carbonyl (C=O) groups excluding carboxylic acids is 2. The molecule has 76 valence electrons. The van der Waals surface area contributed by atoms with E-state index in [1.165, 1.54) is 11.8 Å². The second-order valence-electron chi connectivity index (χ2n) is 2.44. The fraction of sp³-hybridized carbons (Fsp3) is 0.667. The minimum absolute atomic E-state index is 0.318. The number of hydrazine groups is 2. The molecule has 0 aliphatic heterocycles. The Morgan fingerprint density at radius 1 is 1.08 bits per heavy atom. The maximum atomic E-state index is 10.9. The van der Waals surface area contributed by atoms with Gasteiger partial charge in [0.05, 0.1) is 10.5 Å². The number of nitrogens with one attached hydrogen (secondary N) is 2. The molecule has 13 heavy (non-hydrogen) atoms. The number of amides is 2. The monoisotopic (exact) mass is 206 g/mol. The molecule has 0 aliphatic rings. The zero-order chi connectivity index (χ0) is 10.4. The van der Waals surface area contributed by atoms with Crippen LogP contribution in [0.15, 0.2) is 0 Å². The van der Waals surface area contributed by atoms with Gasteiger partial charge in [0.25, 0.3) is 0 Å². The summed E-state index contributed by atoms with van der Waals surface area (Å²) in [4.78, 5) is 21.9. The van der Waals surface area contributed by atoms with Crippen LogP contribution in [0.5, 0.6) is 0 Å². The van der Waals surface area contributed by atoms with Crippen molar-refractivity contribution in [3.05, 3.63) is 0 Å². The Kier molecular flexibility index (Phi) is 5.44. The molecule has 7 heteroatoms. The average molecular weight is 206 g/mol. The minimum Gasteiger partial charge on any atom is -0.293 e. The van der Waals surface area contributed by atoms with Crippen LogP contribution in [-0.2, 0) is 9.59 Å². The summed E-state index contributed by atoms with van der Waals surface area (Å²) in [5.74, 6) is 9.20. The van der Waals surface area contributed by atoms with Crippen molar-refractivity contribution in [3.63, 3.8) is 0 Å². The van der Waals surface area contributed by atoms with Gasteiger partial charge in [-0.15, -0.1) is 11.8 Å². The van der Waals surface area contributed by atoms with Crippen molar-refractivity contribution in [2.45, 2.75) is 24.3 Å². The first kappa shape index (κ1) is 12.2. The number of hydrogen-bond donors (Lipinski definition) is 4. The molecule has 0 saturated carbocycles.